The van der Waals surface area contributed by atoms with Crippen molar-refractivity contribution < 1.29 is 39.8 Å². The van der Waals surface area contributed by atoms with Crippen LogP contribution in [0.25, 0.3) is 76.7 Å². The summed E-state index contributed by atoms with van der Waals surface area (Å²) in [4.78, 5) is 12.6. The Hall–Kier alpha value is -7.91. The number of hydrogen-bond donors (Lipinski definition) is 0. The molecule has 0 bridgehead atoms. The first-order valence-electron chi connectivity index (χ1n) is 28.3. The molecule has 8 aromatic carbocycles. The standard InChI is InChI=1S/C67H56N5O2.Pt/c1-42(2)34-43-32-33-69-61(35-43)72-59-31-30-54-53-24-17-25-56(68-9)64(53)74-65(54)62(59)55-29-28-50(40-60(55)72)73-49-21-15-20-48(39-49)70-41-71(58-27-14-13-26-57(58)70)63-51(44-18-11-10-12-19-44)22-16-23-52(63)45-36-46(66(3,4)5)38-47(37-45)67(6,7)8;/h10-33,35-38,41-42H,34H2,1-8H3;/q-3;/i10D,11D,12D,18D,19D,34D2;. The molecule has 7 nitrogen and oxygen atoms in total. The van der Waals surface area contributed by atoms with Crippen molar-refractivity contribution in [2.24, 2.45) is 5.92 Å². The molecule has 0 spiro atoms. The van der Waals surface area contributed by atoms with Crippen molar-refractivity contribution >= 4 is 72.2 Å². The van der Waals surface area contributed by atoms with E-state index in [1.54, 1.807) is 24.4 Å². The van der Waals surface area contributed by atoms with E-state index in [0.717, 1.165) is 60.7 Å². The number of nitrogens with zero attached hydrogens (tertiary/aromatic N) is 5. The van der Waals surface area contributed by atoms with Crippen LogP contribution in [0.2, 0.25) is 0 Å². The predicted octanol–water partition coefficient (Wildman–Crippen LogP) is 18.6. The maximum absolute atomic E-state index is 9.26. The predicted molar refractivity (Wildman–Crippen MR) is 305 cm³/mol. The van der Waals surface area contributed by atoms with Crippen LogP contribution in [0, 0.1) is 31.3 Å². The monoisotopic (exact) mass is 1160 g/mol. The van der Waals surface area contributed by atoms with Crippen LogP contribution in [0.4, 0.5) is 28.4 Å². The van der Waals surface area contributed by atoms with Gasteiger partial charge in [-0.15, -0.1) is 42.7 Å². The van der Waals surface area contributed by atoms with E-state index in [4.69, 9.17) is 27.6 Å². The van der Waals surface area contributed by atoms with Crippen LogP contribution in [0.3, 0.4) is 0 Å². The average molecular weight is 1170 g/mol. The molecular formula is C67H56N5O2Pt-3. The third kappa shape index (κ3) is 8.85. The molecule has 8 heteroatoms. The van der Waals surface area contributed by atoms with Gasteiger partial charge in [0.05, 0.1) is 13.4 Å². The van der Waals surface area contributed by atoms with Crippen LogP contribution in [-0.2, 0) is 38.3 Å². The molecule has 4 heterocycles. The second-order valence-corrected chi connectivity index (χ2v) is 21.2. The summed E-state index contributed by atoms with van der Waals surface area (Å²) in [5, 5.41) is 3.25. The Morgan fingerprint density at radius 3 is 2.09 bits per heavy atom. The van der Waals surface area contributed by atoms with Crippen LogP contribution in [-0.4, -0.2) is 9.55 Å². The summed E-state index contributed by atoms with van der Waals surface area (Å²) in [7, 11) is 0. The van der Waals surface area contributed by atoms with Crippen molar-refractivity contribution in [2.45, 2.75) is 72.6 Å². The number of para-hydroxylation sites is 4. The fraction of sp³-hybridized carbons (Fsp3) is 0.179. The molecule has 0 saturated heterocycles. The van der Waals surface area contributed by atoms with E-state index in [1.807, 2.05) is 132 Å². The maximum atomic E-state index is 9.26. The van der Waals surface area contributed by atoms with Crippen molar-refractivity contribution in [3.8, 4) is 39.6 Å². The van der Waals surface area contributed by atoms with E-state index >= 15 is 0 Å². The van der Waals surface area contributed by atoms with Crippen molar-refractivity contribution in [1.82, 2.24) is 9.55 Å². The quantitative estimate of drug-likeness (QED) is 0.135. The van der Waals surface area contributed by atoms with Gasteiger partial charge in [-0.05, 0) is 92.7 Å². The number of hydrogen-bond acceptors (Lipinski definition) is 5. The second-order valence-electron chi connectivity index (χ2n) is 21.2. The van der Waals surface area contributed by atoms with Gasteiger partial charge in [-0.25, -0.2) is 9.83 Å². The Morgan fingerprint density at radius 2 is 1.37 bits per heavy atom. The molecule has 0 fully saturated rings. The van der Waals surface area contributed by atoms with E-state index in [9.17, 15) is 2.74 Å². The number of rotatable bonds is 9. The second kappa shape index (κ2) is 19.1. The molecule has 1 aliphatic rings. The number of fused-ring (bicyclic) bond motifs is 8. The Kier molecular flexibility index (Phi) is 10.6. The summed E-state index contributed by atoms with van der Waals surface area (Å²) in [5.74, 6) is 0.938. The number of furan rings is 1. The average Bonchev–Trinajstić information content (AvgIpc) is 2.14. The normalized spacial score (nSPS) is 14.3. The summed E-state index contributed by atoms with van der Waals surface area (Å²) >= 11 is 0. The number of ether oxygens (including phenoxy) is 1. The summed E-state index contributed by atoms with van der Waals surface area (Å²) in [6.07, 6.45) is -0.0197. The largest absolute Gasteiger partial charge is 0.509 e. The Labute approximate surface area is 463 Å². The summed E-state index contributed by atoms with van der Waals surface area (Å²) < 4.78 is 77.9. The van der Waals surface area contributed by atoms with Crippen LogP contribution < -0.4 is 14.5 Å². The van der Waals surface area contributed by atoms with Crippen LogP contribution in [0.5, 0.6) is 11.5 Å². The molecule has 1 aliphatic heterocycles. The van der Waals surface area contributed by atoms with Crippen molar-refractivity contribution in [3.05, 3.63) is 217 Å². The van der Waals surface area contributed by atoms with E-state index in [1.165, 1.54) is 0 Å². The third-order valence-corrected chi connectivity index (χ3v) is 13.7. The van der Waals surface area contributed by atoms with E-state index in [2.05, 4.69) is 76.7 Å². The SMILES string of the molecule is [2H]c1c([2H])c([2H])c(-c2cccc(-c3cc(C(C)(C)C)cc(C(C)(C)C)c3)c2N2[CH-]N(c3[c-]c(Oc4[c-]c5c(cc4)c4c6oc7c([N+]#[C-])cccc7c6ccc4n5-c4cc(C([2H])([2H])C(C)C)ccn4)ccc3)c3ccccc32)c([2H])c1[2H].[Pt]. The molecule has 11 aromatic rings. The number of benzene rings is 8. The smallest absolute Gasteiger partial charge is 0.229 e. The molecule has 12 rings (SSSR count). The van der Waals surface area contributed by atoms with Crippen molar-refractivity contribution in [2.75, 3.05) is 9.80 Å². The number of anilines is 4. The maximum Gasteiger partial charge on any atom is 0.229 e. The minimum Gasteiger partial charge on any atom is -0.509 e. The van der Waals surface area contributed by atoms with E-state index in [0.29, 0.717) is 62.2 Å². The Bertz CT molecular complexity index is 4390. The van der Waals surface area contributed by atoms with Crippen molar-refractivity contribution in [1.29, 1.82) is 0 Å². The fourth-order valence-electron chi connectivity index (χ4n) is 10.1. The molecule has 0 radical (unpaired) electrons. The van der Waals surface area contributed by atoms with E-state index < -0.39 is 24.5 Å². The van der Waals surface area contributed by atoms with E-state index in [-0.39, 0.29) is 55.5 Å². The fourth-order valence-corrected chi connectivity index (χ4v) is 10.1. The molecule has 0 unspecified atom stereocenters. The molecule has 0 saturated carbocycles. The van der Waals surface area contributed by atoms with Gasteiger partial charge in [0, 0.05) is 86.0 Å². The molecular weight excluding hydrogens is 1100 g/mol. The third-order valence-electron chi connectivity index (χ3n) is 13.7. The van der Waals surface area contributed by atoms with Gasteiger partial charge in [0.1, 0.15) is 17.0 Å². The minimum absolute atomic E-state index is 0. The summed E-state index contributed by atoms with van der Waals surface area (Å²) in [5.41, 5.74) is 10.4. The van der Waals surface area contributed by atoms with Gasteiger partial charge in [-0.2, -0.15) is 12.1 Å². The summed E-state index contributed by atoms with van der Waals surface area (Å²) in [6, 6.07) is 48.0. The van der Waals surface area contributed by atoms with Gasteiger partial charge in [-0.1, -0.05) is 163 Å². The number of aromatic nitrogens is 2. The molecule has 3 aromatic heterocycles. The zero-order chi connectivity index (χ0) is 57.2. The first kappa shape index (κ1) is 41.4. The molecule has 0 N–H and O–H groups in total. The van der Waals surface area contributed by atoms with Gasteiger partial charge in [0.2, 0.25) is 5.69 Å². The zero-order valence-corrected chi connectivity index (χ0v) is 45.1. The summed E-state index contributed by atoms with van der Waals surface area (Å²) in [6.45, 7) is 26.7. The molecule has 0 aliphatic carbocycles. The zero-order valence-electron chi connectivity index (χ0n) is 49.8. The molecule has 75 heavy (non-hydrogen) atoms. The first-order chi connectivity index (χ1) is 38.5. The van der Waals surface area contributed by atoms with Crippen LogP contribution in [0.15, 0.2) is 174 Å². The van der Waals surface area contributed by atoms with Gasteiger partial charge >= 0.3 is 0 Å². The molecule has 0 amide bonds. The molecule has 0 atom stereocenters. The topological polar surface area (TPSA) is 51.0 Å². The van der Waals surface area contributed by atoms with Gasteiger partial charge in [0.25, 0.3) is 0 Å². The Morgan fingerprint density at radius 1 is 0.707 bits per heavy atom. The first-order valence-corrected chi connectivity index (χ1v) is 24.8. The number of pyridine rings is 1. The van der Waals surface area contributed by atoms with Gasteiger partial charge in [0.15, 0.2) is 0 Å². The van der Waals surface area contributed by atoms with Crippen LogP contribution in [0.1, 0.15) is 81.7 Å². The van der Waals surface area contributed by atoms with Crippen LogP contribution >= 0.6 is 0 Å². The van der Waals surface area contributed by atoms with Gasteiger partial charge < -0.3 is 23.5 Å². The minimum atomic E-state index is -1.65. The Balaban J connectivity index is 0.00000705. The molecule has 374 valence electrons. The van der Waals surface area contributed by atoms with Crippen molar-refractivity contribution in [3.63, 3.8) is 0 Å². The van der Waals surface area contributed by atoms with Gasteiger partial charge in [-0.3, -0.25) is 0 Å².